The third-order valence-corrected chi connectivity index (χ3v) is 5.28. The number of carbonyl (C=O) groups is 1. The molecule has 0 bridgehead atoms. The Labute approximate surface area is 160 Å². The first-order valence-electron chi connectivity index (χ1n) is 9.21. The van der Waals surface area contributed by atoms with Crippen LogP contribution in [0.3, 0.4) is 0 Å². The van der Waals surface area contributed by atoms with Crippen molar-refractivity contribution in [2.45, 2.75) is 26.3 Å². The van der Waals surface area contributed by atoms with Crippen LogP contribution in [0.25, 0.3) is 0 Å². The Morgan fingerprint density at radius 2 is 1.81 bits per heavy atom. The summed E-state index contributed by atoms with van der Waals surface area (Å²) in [5.74, 6) is 0.0467. The molecule has 0 radical (unpaired) electrons. The number of rotatable bonds is 5. The first kappa shape index (κ1) is 18.7. The second-order valence-corrected chi connectivity index (χ2v) is 7.16. The van der Waals surface area contributed by atoms with Crippen LogP contribution in [0.2, 0.25) is 5.02 Å². The van der Waals surface area contributed by atoms with Gasteiger partial charge in [-0.25, -0.2) is 0 Å². The zero-order valence-corrected chi connectivity index (χ0v) is 16.2. The number of halogens is 1. The fourth-order valence-electron chi connectivity index (χ4n) is 3.28. The highest BCUT2D eigenvalue weighted by molar-refractivity contribution is 6.30. The van der Waals surface area contributed by atoms with Crippen molar-refractivity contribution in [3.8, 4) is 0 Å². The normalized spacial score (nSPS) is 16.3. The lowest BCUT2D eigenvalue weighted by molar-refractivity contribution is -0.120. The number of amides is 1. The lowest BCUT2D eigenvalue weighted by atomic mass is 10.1. The molecule has 0 spiro atoms. The molecule has 1 saturated heterocycles. The summed E-state index contributed by atoms with van der Waals surface area (Å²) >= 11 is 6.09. The number of hydrogen-bond acceptors (Lipinski definition) is 3. The molecule has 138 valence electrons. The van der Waals surface area contributed by atoms with Crippen molar-refractivity contribution in [3.05, 3.63) is 59.1 Å². The number of nitrogens with zero attached hydrogens (tertiary/aromatic N) is 2. The van der Waals surface area contributed by atoms with Gasteiger partial charge in [0.05, 0.1) is 6.04 Å². The van der Waals surface area contributed by atoms with Crippen LogP contribution >= 0.6 is 11.6 Å². The summed E-state index contributed by atoms with van der Waals surface area (Å²) in [6.07, 6.45) is 1.00. The van der Waals surface area contributed by atoms with E-state index >= 15 is 0 Å². The summed E-state index contributed by atoms with van der Waals surface area (Å²) in [6, 6.07) is 15.9. The minimum Gasteiger partial charge on any atom is -0.369 e. The van der Waals surface area contributed by atoms with Crippen molar-refractivity contribution in [2.75, 3.05) is 36.4 Å². The molecule has 1 atom stereocenters. The summed E-state index contributed by atoms with van der Waals surface area (Å²) in [6.45, 7) is 7.60. The molecule has 1 fully saturated rings. The number of piperazine rings is 1. The van der Waals surface area contributed by atoms with Gasteiger partial charge in [-0.2, -0.15) is 0 Å². The maximum atomic E-state index is 12.6. The van der Waals surface area contributed by atoms with E-state index in [1.54, 1.807) is 0 Å². The van der Waals surface area contributed by atoms with Gasteiger partial charge in [0.25, 0.3) is 0 Å². The Bertz CT molecular complexity index is 739. The quantitative estimate of drug-likeness (QED) is 0.861. The molecule has 1 aliphatic heterocycles. The van der Waals surface area contributed by atoms with Crippen molar-refractivity contribution in [2.24, 2.45) is 0 Å². The number of anilines is 2. The molecule has 26 heavy (non-hydrogen) atoms. The molecule has 1 aliphatic rings. The number of benzene rings is 2. The summed E-state index contributed by atoms with van der Waals surface area (Å²) in [4.78, 5) is 17.1. The Balaban J connectivity index is 1.53. The zero-order chi connectivity index (χ0) is 18.5. The Morgan fingerprint density at radius 1 is 1.12 bits per heavy atom. The zero-order valence-electron chi connectivity index (χ0n) is 15.4. The van der Waals surface area contributed by atoms with E-state index in [9.17, 15) is 4.79 Å². The number of nitrogens with one attached hydrogen (secondary N) is 1. The highest BCUT2D eigenvalue weighted by Gasteiger charge is 2.25. The molecule has 1 heterocycles. The van der Waals surface area contributed by atoms with Crippen LogP contribution < -0.4 is 10.2 Å². The minimum atomic E-state index is -0.151. The van der Waals surface area contributed by atoms with E-state index in [0.717, 1.165) is 49.0 Å². The second-order valence-electron chi connectivity index (χ2n) is 6.72. The Kier molecular flexibility index (Phi) is 6.17. The molecule has 0 saturated carbocycles. The first-order chi connectivity index (χ1) is 12.6. The largest absolute Gasteiger partial charge is 0.369 e. The first-order valence-corrected chi connectivity index (χ1v) is 9.59. The van der Waals surface area contributed by atoms with Crippen LogP contribution in [0.4, 0.5) is 11.4 Å². The van der Waals surface area contributed by atoms with Crippen molar-refractivity contribution in [1.82, 2.24) is 4.90 Å². The van der Waals surface area contributed by atoms with Crippen LogP contribution in [0.15, 0.2) is 48.5 Å². The van der Waals surface area contributed by atoms with Crippen molar-refractivity contribution in [1.29, 1.82) is 0 Å². The van der Waals surface area contributed by atoms with Crippen LogP contribution in [0.1, 0.15) is 19.4 Å². The van der Waals surface area contributed by atoms with Crippen LogP contribution in [-0.4, -0.2) is 43.0 Å². The molecule has 4 nitrogen and oxygen atoms in total. The predicted molar refractivity (Wildman–Crippen MR) is 109 cm³/mol. The van der Waals surface area contributed by atoms with Gasteiger partial charge in [-0.3, -0.25) is 9.69 Å². The van der Waals surface area contributed by atoms with Crippen LogP contribution in [0, 0.1) is 0 Å². The van der Waals surface area contributed by atoms with Gasteiger partial charge in [0.1, 0.15) is 0 Å². The van der Waals surface area contributed by atoms with E-state index in [1.165, 1.54) is 5.56 Å². The highest BCUT2D eigenvalue weighted by Crippen LogP contribution is 2.21. The molecular formula is C21H26ClN3O. The average molecular weight is 372 g/mol. The molecular weight excluding hydrogens is 346 g/mol. The fraction of sp³-hybridized carbons (Fsp3) is 0.381. The van der Waals surface area contributed by atoms with Gasteiger partial charge in [0, 0.05) is 42.6 Å². The summed E-state index contributed by atoms with van der Waals surface area (Å²) in [5, 5.41) is 3.79. The molecule has 1 unspecified atom stereocenters. The summed E-state index contributed by atoms with van der Waals surface area (Å²) in [7, 11) is 0. The lowest BCUT2D eigenvalue weighted by Gasteiger charge is -2.38. The molecule has 1 amide bonds. The van der Waals surface area contributed by atoms with E-state index < -0.39 is 0 Å². The molecule has 3 rings (SSSR count). The van der Waals surface area contributed by atoms with Crippen LogP contribution in [0.5, 0.6) is 0 Å². The van der Waals surface area contributed by atoms with E-state index in [0.29, 0.717) is 0 Å². The highest BCUT2D eigenvalue weighted by atomic mass is 35.5. The average Bonchev–Trinajstić information content (AvgIpc) is 2.68. The van der Waals surface area contributed by atoms with E-state index in [1.807, 2.05) is 37.3 Å². The number of hydrogen-bond donors (Lipinski definition) is 1. The van der Waals surface area contributed by atoms with Gasteiger partial charge in [0.15, 0.2) is 0 Å². The van der Waals surface area contributed by atoms with E-state index in [2.05, 4.69) is 40.2 Å². The third kappa shape index (κ3) is 4.57. The Hall–Kier alpha value is -2.04. The monoisotopic (exact) mass is 371 g/mol. The minimum absolute atomic E-state index is 0.0467. The molecule has 2 aromatic rings. The summed E-state index contributed by atoms with van der Waals surface area (Å²) in [5.41, 5.74) is 3.27. The standard InChI is InChI=1S/C21H26ClN3O/c1-3-17-7-9-19(10-8-17)23-21(26)16(2)24-11-13-25(14-12-24)20-6-4-5-18(22)15-20/h4-10,15-16H,3,11-14H2,1-2H3,(H,23,26). The lowest BCUT2D eigenvalue weighted by Crippen LogP contribution is -2.52. The van der Waals surface area contributed by atoms with Crippen molar-refractivity contribution in [3.63, 3.8) is 0 Å². The topological polar surface area (TPSA) is 35.6 Å². The predicted octanol–water partition coefficient (Wildman–Crippen LogP) is 4.05. The molecule has 1 N–H and O–H groups in total. The number of carbonyl (C=O) groups excluding carboxylic acids is 1. The summed E-state index contributed by atoms with van der Waals surface area (Å²) < 4.78 is 0. The van der Waals surface area contributed by atoms with Gasteiger partial charge in [-0.15, -0.1) is 0 Å². The molecule has 2 aromatic carbocycles. The van der Waals surface area contributed by atoms with Gasteiger partial charge >= 0.3 is 0 Å². The van der Waals surface area contributed by atoms with Crippen molar-refractivity contribution >= 4 is 28.9 Å². The SMILES string of the molecule is CCc1ccc(NC(=O)C(C)N2CCN(c3cccc(Cl)c3)CC2)cc1. The maximum Gasteiger partial charge on any atom is 0.241 e. The maximum absolute atomic E-state index is 12.6. The van der Waals surface area contributed by atoms with Gasteiger partial charge < -0.3 is 10.2 Å². The Morgan fingerprint density at radius 3 is 2.42 bits per heavy atom. The van der Waals surface area contributed by atoms with E-state index in [-0.39, 0.29) is 11.9 Å². The van der Waals surface area contributed by atoms with Crippen molar-refractivity contribution < 1.29 is 4.79 Å². The fourth-order valence-corrected chi connectivity index (χ4v) is 3.46. The second kappa shape index (κ2) is 8.56. The molecule has 0 aliphatic carbocycles. The molecule has 0 aromatic heterocycles. The van der Waals surface area contributed by atoms with Gasteiger partial charge in [-0.05, 0) is 49.2 Å². The third-order valence-electron chi connectivity index (χ3n) is 5.04. The van der Waals surface area contributed by atoms with E-state index in [4.69, 9.17) is 11.6 Å². The number of aryl methyl sites for hydroxylation is 1. The van der Waals surface area contributed by atoms with Crippen LogP contribution in [-0.2, 0) is 11.2 Å². The smallest absolute Gasteiger partial charge is 0.241 e. The van der Waals surface area contributed by atoms with Gasteiger partial charge in [-0.1, -0.05) is 36.7 Å². The molecule has 5 heteroatoms. The van der Waals surface area contributed by atoms with Gasteiger partial charge in [0.2, 0.25) is 5.91 Å².